The Labute approximate surface area is 141 Å². The van der Waals surface area contributed by atoms with E-state index in [1.54, 1.807) is 12.1 Å². The molecule has 1 aromatic rings. The topological polar surface area (TPSA) is 69.6 Å². The molecule has 1 aliphatic rings. The summed E-state index contributed by atoms with van der Waals surface area (Å²) in [6, 6.07) is 4.91. The van der Waals surface area contributed by atoms with Crippen molar-refractivity contribution in [1.29, 1.82) is 0 Å². The smallest absolute Gasteiger partial charge is 0.326 e. The van der Waals surface area contributed by atoms with Gasteiger partial charge in [-0.1, -0.05) is 31.0 Å². The van der Waals surface area contributed by atoms with Crippen LogP contribution in [0.2, 0.25) is 0 Å². The molecule has 0 spiro atoms. The fourth-order valence-electron chi connectivity index (χ4n) is 2.97. The summed E-state index contributed by atoms with van der Waals surface area (Å²) in [7, 11) is 0. The Morgan fingerprint density at radius 1 is 1.17 bits per heavy atom. The maximum atomic E-state index is 13.7. The van der Waals surface area contributed by atoms with Crippen LogP contribution in [0.5, 0.6) is 0 Å². The van der Waals surface area contributed by atoms with Gasteiger partial charge in [-0.15, -0.1) is 0 Å². The Hall–Kier alpha value is -1.95. The number of rotatable bonds is 7. The monoisotopic (exact) mass is 336 g/mol. The van der Waals surface area contributed by atoms with Gasteiger partial charge in [0.15, 0.2) is 0 Å². The number of hydrogen-bond donors (Lipinski definition) is 2. The molecule has 6 heteroatoms. The van der Waals surface area contributed by atoms with Crippen LogP contribution < -0.4 is 5.32 Å². The molecule has 1 unspecified atom stereocenters. The van der Waals surface area contributed by atoms with E-state index in [0.717, 1.165) is 25.9 Å². The van der Waals surface area contributed by atoms with Crippen LogP contribution in [0.25, 0.3) is 0 Å². The number of halogens is 1. The molecular formula is C18H25FN2O3. The lowest BCUT2D eigenvalue weighted by Gasteiger charge is -2.20. The Morgan fingerprint density at radius 2 is 1.83 bits per heavy atom. The molecule has 1 aromatic carbocycles. The molecule has 0 aromatic heterocycles. The van der Waals surface area contributed by atoms with Crippen molar-refractivity contribution in [2.45, 2.75) is 44.6 Å². The largest absolute Gasteiger partial charge is 0.480 e. The number of nitrogens with zero attached hydrogens (tertiary/aromatic N) is 1. The summed E-state index contributed by atoms with van der Waals surface area (Å²) in [5.74, 6) is -1.91. The minimum Gasteiger partial charge on any atom is -0.480 e. The third kappa shape index (κ3) is 5.92. The third-order valence-corrected chi connectivity index (χ3v) is 4.37. The lowest BCUT2D eigenvalue weighted by atomic mass is 10.1. The predicted molar refractivity (Wildman–Crippen MR) is 89.2 cm³/mol. The zero-order valence-electron chi connectivity index (χ0n) is 13.8. The van der Waals surface area contributed by atoms with E-state index in [1.807, 2.05) is 0 Å². The summed E-state index contributed by atoms with van der Waals surface area (Å²) in [5, 5.41) is 11.8. The molecular weight excluding hydrogens is 311 g/mol. The first-order chi connectivity index (χ1) is 11.6. The van der Waals surface area contributed by atoms with Crippen LogP contribution in [-0.4, -0.2) is 47.6 Å². The summed E-state index contributed by atoms with van der Waals surface area (Å²) < 4.78 is 13.7. The van der Waals surface area contributed by atoms with E-state index in [-0.39, 0.29) is 24.3 Å². The Bertz CT molecular complexity index is 557. The Kier molecular flexibility index (Phi) is 7.18. The summed E-state index contributed by atoms with van der Waals surface area (Å²) in [5.41, 5.74) is 0.290. The molecule has 0 saturated carbocycles. The number of benzene rings is 1. The highest BCUT2D eigenvalue weighted by atomic mass is 19.1. The second-order valence-corrected chi connectivity index (χ2v) is 6.26. The number of hydrogen-bond acceptors (Lipinski definition) is 3. The third-order valence-electron chi connectivity index (χ3n) is 4.37. The van der Waals surface area contributed by atoms with Crippen molar-refractivity contribution in [2.24, 2.45) is 0 Å². The van der Waals surface area contributed by atoms with Gasteiger partial charge < -0.3 is 15.3 Å². The number of amides is 1. The standard InChI is InChI=1S/C18H25FN2O3/c19-15-8-4-3-7-14(15)13-16(18(23)24)20-17(22)9-12-21-10-5-1-2-6-11-21/h3-4,7-8,16H,1-2,5-6,9-13H2,(H,20,22)(H,23,24). The van der Waals surface area contributed by atoms with Gasteiger partial charge in [0.05, 0.1) is 0 Å². The molecule has 132 valence electrons. The van der Waals surface area contributed by atoms with Gasteiger partial charge in [0.25, 0.3) is 0 Å². The van der Waals surface area contributed by atoms with Gasteiger partial charge >= 0.3 is 5.97 Å². The van der Waals surface area contributed by atoms with Gasteiger partial charge in [0.1, 0.15) is 11.9 Å². The predicted octanol–water partition coefficient (Wildman–Crippen LogP) is 2.20. The van der Waals surface area contributed by atoms with Crippen LogP contribution in [0.3, 0.4) is 0 Å². The number of carboxylic acids is 1. The second kappa shape index (κ2) is 9.37. The summed E-state index contributed by atoms with van der Waals surface area (Å²) in [4.78, 5) is 25.7. The van der Waals surface area contributed by atoms with Crippen molar-refractivity contribution < 1.29 is 19.1 Å². The molecule has 5 nitrogen and oxygen atoms in total. The number of carbonyl (C=O) groups is 2. The van der Waals surface area contributed by atoms with Gasteiger partial charge in [0, 0.05) is 19.4 Å². The fraction of sp³-hybridized carbons (Fsp3) is 0.556. The zero-order chi connectivity index (χ0) is 17.4. The normalized spacial score (nSPS) is 17.0. The van der Waals surface area contributed by atoms with Gasteiger partial charge in [-0.05, 0) is 37.6 Å². The number of carboxylic acid groups (broad SMARTS) is 1. The zero-order valence-corrected chi connectivity index (χ0v) is 13.8. The van der Waals surface area contributed by atoms with Gasteiger partial charge in [-0.3, -0.25) is 4.79 Å². The van der Waals surface area contributed by atoms with Crippen LogP contribution in [-0.2, 0) is 16.0 Å². The molecule has 1 atom stereocenters. The molecule has 1 heterocycles. The molecule has 24 heavy (non-hydrogen) atoms. The van der Waals surface area contributed by atoms with Crippen molar-refractivity contribution in [3.63, 3.8) is 0 Å². The van der Waals surface area contributed by atoms with Crippen LogP contribution in [0, 0.1) is 5.82 Å². The van der Waals surface area contributed by atoms with Crippen molar-refractivity contribution in [3.8, 4) is 0 Å². The molecule has 0 aliphatic carbocycles. The SMILES string of the molecule is O=C(CCN1CCCCCC1)NC(Cc1ccccc1F)C(=O)O. The van der Waals surface area contributed by atoms with Gasteiger partial charge in [0.2, 0.25) is 5.91 Å². The van der Waals surface area contributed by atoms with Crippen LogP contribution in [0.4, 0.5) is 4.39 Å². The quantitative estimate of drug-likeness (QED) is 0.801. The van der Waals surface area contributed by atoms with Crippen LogP contribution >= 0.6 is 0 Å². The number of likely N-dealkylation sites (tertiary alicyclic amines) is 1. The van der Waals surface area contributed by atoms with Crippen LogP contribution in [0.15, 0.2) is 24.3 Å². The van der Waals surface area contributed by atoms with E-state index in [1.165, 1.54) is 25.0 Å². The highest BCUT2D eigenvalue weighted by Crippen LogP contribution is 2.11. The molecule has 2 N–H and O–H groups in total. The molecule has 2 rings (SSSR count). The first-order valence-electron chi connectivity index (χ1n) is 8.54. The van der Waals surface area contributed by atoms with Gasteiger partial charge in [-0.2, -0.15) is 0 Å². The fourth-order valence-corrected chi connectivity index (χ4v) is 2.97. The highest BCUT2D eigenvalue weighted by Gasteiger charge is 2.22. The molecule has 1 saturated heterocycles. The molecule has 0 bridgehead atoms. The number of nitrogens with one attached hydrogen (secondary N) is 1. The maximum absolute atomic E-state index is 13.7. The lowest BCUT2D eigenvalue weighted by molar-refractivity contribution is -0.141. The molecule has 1 aliphatic heterocycles. The first kappa shape index (κ1) is 18.4. The van der Waals surface area contributed by atoms with E-state index < -0.39 is 17.8 Å². The van der Waals surface area contributed by atoms with Crippen molar-refractivity contribution in [3.05, 3.63) is 35.6 Å². The minimum absolute atomic E-state index is 0.0581. The Balaban J connectivity index is 1.84. The van der Waals surface area contributed by atoms with Crippen LogP contribution in [0.1, 0.15) is 37.7 Å². The van der Waals surface area contributed by atoms with Gasteiger partial charge in [-0.25, -0.2) is 9.18 Å². The maximum Gasteiger partial charge on any atom is 0.326 e. The number of aliphatic carboxylic acids is 1. The molecule has 1 fully saturated rings. The lowest BCUT2D eigenvalue weighted by Crippen LogP contribution is -2.43. The molecule has 0 radical (unpaired) electrons. The number of carbonyl (C=O) groups excluding carboxylic acids is 1. The summed E-state index contributed by atoms with van der Waals surface area (Å²) in [6.45, 7) is 2.62. The van der Waals surface area contributed by atoms with E-state index in [9.17, 15) is 19.1 Å². The van der Waals surface area contributed by atoms with E-state index >= 15 is 0 Å². The van der Waals surface area contributed by atoms with E-state index in [0.29, 0.717) is 6.54 Å². The Morgan fingerprint density at radius 3 is 2.46 bits per heavy atom. The molecule has 1 amide bonds. The first-order valence-corrected chi connectivity index (χ1v) is 8.54. The van der Waals surface area contributed by atoms with Crippen molar-refractivity contribution >= 4 is 11.9 Å². The average Bonchev–Trinajstić information content (AvgIpc) is 2.83. The van der Waals surface area contributed by atoms with Crippen molar-refractivity contribution in [1.82, 2.24) is 10.2 Å². The average molecular weight is 336 g/mol. The summed E-state index contributed by atoms with van der Waals surface area (Å²) >= 11 is 0. The minimum atomic E-state index is -1.15. The van der Waals surface area contributed by atoms with E-state index in [4.69, 9.17) is 0 Å². The second-order valence-electron chi connectivity index (χ2n) is 6.26. The summed E-state index contributed by atoms with van der Waals surface area (Å²) in [6.07, 6.45) is 4.96. The van der Waals surface area contributed by atoms with Crippen molar-refractivity contribution in [2.75, 3.05) is 19.6 Å². The highest BCUT2D eigenvalue weighted by molar-refractivity contribution is 5.83. The van der Waals surface area contributed by atoms with E-state index in [2.05, 4.69) is 10.2 Å².